The van der Waals surface area contributed by atoms with E-state index in [0.29, 0.717) is 23.0 Å². The van der Waals surface area contributed by atoms with E-state index in [9.17, 15) is 9.90 Å². The number of hydrazone groups is 1. The van der Waals surface area contributed by atoms with Crippen LogP contribution in [0, 0.1) is 0 Å². The third kappa shape index (κ3) is 6.40. The maximum absolute atomic E-state index is 10.5. The molecular formula is C18H18N3O4S-. The Morgan fingerprint density at radius 1 is 1.19 bits per heavy atom. The number of benzene rings is 2. The number of ether oxygens (including phenoxy) is 2. The molecule has 2 N–H and O–H groups in total. The van der Waals surface area contributed by atoms with Crippen LogP contribution in [0.2, 0.25) is 0 Å². The monoisotopic (exact) mass is 372 g/mol. The lowest BCUT2D eigenvalue weighted by Crippen LogP contribution is -2.29. The van der Waals surface area contributed by atoms with Gasteiger partial charge in [-0.15, -0.1) is 0 Å². The summed E-state index contributed by atoms with van der Waals surface area (Å²) in [7, 11) is 0. The average Bonchev–Trinajstić information content (AvgIpc) is 2.63. The minimum absolute atomic E-state index is 0.304. The molecule has 0 fully saturated rings. The van der Waals surface area contributed by atoms with Crippen LogP contribution < -0.4 is 25.3 Å². The van der Waals surface area contributed by atoms with Crippen LogP contribution in [0.1, 0.15) is 12.5 Å². The fraction of sp³-hybridized carbons (Fsp3) is 0.167. The standard InChI is InChI=1S/C18H19N3O4S/c1-2-24-15-9-7-14(8-10-15)20-18(26)21-19-11-13-5-3-4-6-16(13)25-12-17(22)23/h3-11H,2,12H2,1H3,(H,22,23)(H2,20,21,26)/p-1/b19-11-. The molecule has 0 aliphatic rings. The summed E-state index contributed by atoms with van der Waals surface area (Å²) in [6.07, 6.45) is 1.48. The van der Waals surface area contributed by atoms with E-state index in [1.54, 1.807) is 24.3 Å². The topological polar surface area (TPSA) is 95.0 Å². The molecule has 0 spiro atoms. The average molecular weight is 372 g/mol. The van der Waals surface area contributed by atoms with Crippen LogP contribution in [0.3, 0.4) is 0 Å². The minimum Gasteiger partial charge on any atom is -0.546 e. The highest BCUT2D eigenvalue weighted by Crippen LogP contribution is 2.16. The molecule has 0 aliphatic carbocycles. The van der Waals surface area contributed by atoms with Crippen molar-refractivity contribution in [3.05, 3.63) is 54.1 Å². The van der Waals surface area contributed by atoms with E-state index < -0.39 is 12.6 Å². The Labute approximate surface area is 156 Å². The van der Waals surface area contributed by atoms with Gasteiger partial charge in [-0.3, -0.25) is 5.43 Å². The molecule has 2 rings (SSSR count). The van der Waals surface area contributed by atoms with Crippen molar-refractivity contribution in [2.75, 3.05) is 18.5 Å². The SMILES string of the molecule is CCOc1ccc(NC(=S)N/N=C\c2ccccc2OCC(=O)[O-])cc1. The summed E-state index contributed by atoms with van der Waals surface area (Å²) in [5.41, 5.74) is 4.08. The predicted molar refractivity (Wildman–Crippen MR) is 102 cm³/mol. The van der Waals surface area contributed by atoms with Crippen molar-refractivity contribution in [3.8, 4) is 11.5 Å². The summed E-state index contributed by atoms with van der Waals surface area (Å²) in [6, 6.07) is 14.2. The summed E-state index contributed by atoms with van der Waals surface area (Å²) in [6.45, 7) is 2.00. The fourth-order valence-corrected chi connectivity index (χ4v) is 2.15. The van der Waals surface area contributed by atoms with Gasteiger partial charge in [-0.25, -0.2) is 0 Å². The first kappa shape index (κ1) is 19.2. The molecule has 136 valence electrons. The molecule has 0 saturated carbocycles. The summed E-state index contributed by atoms with van der Waals surface area (Å²) >= 11 is 5.17. The highest BCUT2D eigenvalue weighted by atomic mass is 32.1. The van der Waals surface area contributed by atoms with Crippen LogP contribution in [0.5, 0.6) is 11.5 Å². The Kier molecular flexibility index (Phi) is 7.38. The van der Waals surface area contributed by atoms with Gasteiger partial charge in [0, 0.05) is 11.3 Å². The number of hydrogen-bond donors (Lipinski definition) is 2. The van der Waals surface area contributed by atoms with Gasteiger partial charge in [0.2, 0.25) is 0 Å². The highest BCUT2D eigenvalue weighted by Gasteiger charge is 2.01. The van der Waals surface area contributed by atoms with Crippen LogP contribution in [0.4, 0.5) is 5.69 Å². The van der Waals surface area contributed by atoms with E-state index in [0.717, 1.165) is 11.4 Å². The van der Waals surface area contributed by atoms with Crippen LogP contribution in [-0.4, -0.2) is 30.5 Å². The number of carboxylic acids is 1. The number of thiocarbonyl (C=S) groups is 1. The molecule has 0 heterocycles. The highest BCUT2D eigenvalue weighted by molar-refractivity contribution is 7.80. The van der Waals surface area contributed by atoms with Crippen molar-refractivity contribution in [3.63, 3.8) is 0 Å². The quantitative estimate of drug-likeness (QED) is 0.412. The zero-order chi connectivity index (χ0) is 18.8. The van der Waals surface area contributed by atoms with E-state index in [4.69, 9.17) is 21.7 Å². The Morgan fingerprint density at radius 3 is 2.62 bits per heavy atom. The number of carbonyl (C=O) groups excluding carboxylic acids is 1. The number of hydrogen-bond acceptors (Lipinski definition) is 6. The summed E-state index contributed by atoms with van der Waals surface area (Å²) < 4.78 is 10.5. The number of carboxylic acid groups (broad SMARTS) is 1. The second-order valence-electron chi connectivity index (χ2n) is 4.98. The largest absolute Gasteiger partial charge is 0.546 e. The van der Waals surface area contributed by atoms with Gasteiger partial charge in [-0.1, -0.05) is 12.1 Å². The molecule has 0 amide bonds. The Balaban J connectivity index is 1.89. The molecular weight excluding hydrogens is 354 g/mol. The molecule has 2 aromatic rings. The minimum atomic E-state index is -1.30. The Bertz CT molecular complexity index is 778. The van der Waals surface area contributed by atoms with E-state index >= 15 is 0 Å². The first-order valence-electron chi connectivity index (χ1n) is 7.83. The molecule has 0 saturated heterocycles. The van der Waals surface area contributed by atoms with Gasteiger partial charge in [-0.05, 0) is 55.5 Å². The first-order valence-corrected chi connectivity index (χ1v) is 8.24. The zero-order valence-corrected chi connectivity index (χ0v) is 14.9. The van der Waals surface area contributed by atoms with Crippen LogP contribution >= 0.6 is 12.2 Å². The molecule has 0 bridgehead atoms. The maximum Gasteiger partial charge on any atom is 0.191 e. The van der Waals surface area contributed by atoms with Gasteiger partial charge in [0.15, 0.2) is 5.11 Å². The summed E-state index contributed by atoms with van der Waals surface area (Å²) in [5, 5.41) is 17.8. The number of anilines is 1. The maximum atomic E-state index is 10.5. The number of para-hydroxylation sites is 1. The van der Waals surface area contributed by atoms with Crippen LogP contribution in [0.25, 0.3) is 0 Å². The van der Waals surface area contributed by atoms with Gasteiger partial charge < -0.3 is 24.7 Å². The van der Waals surface area contributed by atoms with E-state index in [1.807, 2.05) is 31.2 Å². The molecule has 0 aliphatic heterocycles. The number of aliphatic carboxylic acids is 1. The lowest BCUT2D eigenvalue weighted by atomic mass is 10.2. The molecule has 0 aromatic heterocycles. The second-order valence-corrected chi connectivity index (χ2v) is 5.39. The van der Waals surface area contributed by atoms with Crippen molar-refractivity contribution in [2.24, 2.45) is 5.10 Å². The first-order chi connectivity index (χ1) is 12.6. The van der Waals surface area contributed by atoms with Crippen LogP contribution in [0.15, 0.2) is 53.6 Å². The van der Waals surface area contributed by atoms with E-state index in [2.05, 4.69) is 15.8 Å². The van der Waals surface area contributed by atoms with Gasteiger partial charge in [0.05, 0.1) is 18.8 Å². The summed E-state index contributed by atoms with van der Waals surface area (Å²) in [5.74, 6) is -0.133. The molecule has 0 atom stereocenters. The number of carbonyl (C=O) groups is 1. The lowest BCUT2D eigenvalue weighted by molar-refractivity contribution is -0.307. The molecule has 2 aromatic carbocycles. The normalized spacial score (nSPS) is 10.3. The van der Waals surface area contributed by atoms with Crippen molar-refractivity contribution >= 4 is 35.2 Å². The van der Waals surface area contributed by atoms with Crippen molar-refractivity contribution in [1.82, 2.24) is 5.43 Å². The number of nitrogens with one attached hydrogen (secondary N) is 2. The van der Waals surface area contributed by atoms with Gasteiger partial charge in [0.25, 0.3) is 0 Å². The van der Waals surface area contributed by atoms with Gasteiger partial charge in [0.1, 0.15) is 18.1 Å². The van der Waals surface area contributed by atoms with Crippen molar-refractivity contribution < 1.29 is 19.4 Å². The number of rotatable bonds is 8. The molecule has 0 unspecified atom stereocenters. The third-order valence-electron chi connectivity index (χ3n) is 3.06. The molecule has 7 nitrogen and oxygen atoms in total. The summed E-state index contributed by atoms with van der Waals surface area (Å²) in [4.78, 5) is 10.5. The number of nitrogens with zero attached hydrogens (tertiary/aromatic N) is 1. The zero-order valence-electron chi connectivity index (χ0n) is 14.1. The second kappa shape index (κ2) is 10.00. The molecule has 26 heavy (non-hydrogen) atoms. The molecule has 8 heteroatoms. The van der Waals surface area contributed by atoms with Gasteiger partial charge in [-0.2, -0.15) is 5.10 Å². The van der Waals surface area contributed by atoms with E-state index in [1.165, 1.54) is 6.21 Å². The van der Waals surface area contributed by atoms with Crippen molar-refractivity contribution in [2.45, 2.75) is 6.92 Å². The van der Waals surface area contributed by atoms with Gasteiger partial charge >= 0.3 is 0 Å². The third-order valence-corrected chi connectivity index (χ3v) is 3.25. The van der Waals surface area contributed by atoms with E-state index in [-0.39, 0.29) is 0 Å². The lowest BCUT2D eigenvalue weighted by Gasteiger charge is -2.10. The Morgan fingerprint density at radius 2 is 1.92 bits per heavy atom. The predicted octanol–water partition coefficient (Wildman–Crippen LogP) is 1.53. The van der Waals surface area contributed by atoms with Crippen molar-refractivity contribution in [1.29, 1.82) is 0 Å². The molecule has 0 radical (unpaired) electrons. The fourth-order valence-electron chi connectivity index (χ4n) is 1.98. The Hall–Kier alpha value is -3.13. The van der Waals surface area contributed by atoms with Crippen LogP contribution in [-0.2, 0) is 4.79 Å². The smallest absolute Gasteiger partial charge is 0.191 e.